The number of aromatic nitrogens is 1. The highest BCUT2D eigenvalue weighted by Gasteiger charge is 2.24. The summed E-state index contributed by atoms with van der Waals surface area (Å²) in [6.07, 6.45) is 2.29. The highest BCUT2D eigenvalue weighted by molar-refractivity contribution is 8.02. The van der Waals surface area contributed by atoms with Gasteiger partial charge in [0.05, 0.1) is 15.5 Å². The van der Waals surface area contributed by atoms with Gasteiger partial charge in [0.25, 0.3) is 0 Å². The first-order valence-corrected chi connectivity index (χ1v) is 8.24. The van der Waals surface area contributed by atoms with Gasteiger partial charge < -0.3 is 4.90 Å². The molecular weight excluding hydrogens is 276 g/mol. The van der Waals surface area contributed by atoms with E-state index in [1.54, 1.807) is 23.1 Å². The Kier molecular flexibility index (Phi) is 3.75. The maximum atomic E-state index is 12.2. The lowest BCUT2D eigenvalue weighted by Crippen LogP contribution is -2.33. The van der Waals surface area contributed by atoms with Gasteiger partial charge in [0, 0.05) is 13.1 Å². The second kappa shape index (κ2) is 5.51. The van der Waals surface area contributed by atoms with Gasteiger partial charge in [-0.1, -0.05) is 23.9 Å². The van der Waals surface area contributed by atoms with Gasteiger partial charge in [-0.25, -0.2) is 4.98 Å². The van der Waals surface area contributed by atoms with Crippen molar-refractivity contribution in [2.75, 3.05) is 13.1 Å². The molecule has 0 N–H and O–H groups in total. The average molecular weight is 292 g/mol. The van der Waals surface area contributed by atoms with E-state index in [2.05, 4.69) is 11.1 Å². The Hall–Kier alpha value is -1.07. The van der Waals surface area contributed by atoms with Crippen LogP contribution < -0.4 is 0 Å². The molecule has 19 heavy (non-hydrogen) atoms. The molecule has 1 fully saturated rings. The largest absolute Gasteiger partial charge is 0.342 e. The summed E-state index contributed by atoms with van der Waals surface area (Å²) in [6.45, 7) is 3.82. The van der Waals surface area contributed by atoms with E-state index in [0.717, 1.165) is 35.8 Å². The Bertz CT molecular complexity index is 557. The van der Waals surface area contributed by atoms with Crippen LogP contribution in [0, 0.1) is 0 Å². The number of likely N-dealkylation sites (tertiary alicyclic amines) is 1. The average Bonchev–Trinajstić information content (AvgIpc) is 3.06. The van der Waals surface area contributed by atoms with Crippen molar-refractivity contribution >= 4 is 39.2 Å². The van der Waals surface area contributed by atoms with Gasteiger partial charge in [-0.15, -0.1) is 11.3 Å². The molecule has 0 bridgehead atoms. The summed E-state index contributed by atoms with van der Waals surface area (Å²) in [5.41, 5.74) is 1.02. The normalized spacial score (nSPS) is 17.0. The van der Waals surface area contributed by atoms with Gasteiger partial charge >= 0.3 is 0 Å². The Morgan fingerprint density at radius 2 is 2.11 bits per heavy atom. The molecule has 1 amide bonds. The molecule has 1 aromatic carbocycles. The molecule has 1 aliphatic heterocycles. The fourth-order valence-corrected chi connectivity index (χ4v) is 4.59. The Morgan fingerprint density at radius 1 is 1.37 bits per heavy atom. The lowest BCUT2D eigenvalue weighted by molar-refractivity contribution is -0.129. The van der Waals surface area contributed by atoms with E-state index in [1.807, 2.05) is 30.0 Å². The number of thiazole rings is 1. The van der Waals surface area contributed by atoms with Crippen LogP contribution in [-0.2, 0) is 4.79 Å². The molecule has 0 radical (unpaired) electrons. The van der Waals surface area contributed by atoms with Gasteiger partial charge in [-0.3, -0.25) is 4.79 Å². The molecule has 0 saturated carbocycles. The van der Waals surface area contributed by atoms with Crippen molar-refractivity contribution in [2.45, 2.75) is 29.4 Å². The maximum absolute atomic E-state index is 12.2. The number of hydrogen-bond donors (Lipinski definition) is 0. The Labute approximate surface area is 121 Å². The van der Waals surface area contributed by atoms with E-state index < -0.39 is 0 Å². The summed E-state index contributed by atoms with van der Waals surface area (Å²) < 4.78 is 2.17. The number of thioether (sulfide) groups is 1. The molecule has 1 aliphatic rings. The van der Waals surface area contributed by atoms with Gasteiger partial charge in [-0.2, -0.15) is 0 Å². The molecule has 0 spiro atoms. The predicted octanol–water partition coefficient (Wildman–Crippen LogP) is 3.40. The van der Waals surface area contributed by atoms with E-state index in [1.165, 1.54) is 4.70 Å². The van der Waals surface area contributed by atoms with Crippen LogP contribution in [0.4, 0.5) is 0 Å². The first-order valence-electron chi connectivity index (χ1n) is 6.55. The Morgan fingerprint density at radius 3 is 2.84 bits per heavy atom. The number of benzene rings is 1. The molecule has 1 aromatic heterocycles. The van der Waals surface area contributed by atoms with E-state index in [4.69, 9.17) is 0 Å². The molecule has 0 aliphatic carbocycles. The van der Waals surface area contributed by atoms with Crippen LogP contribution in [0.15, 0.2) is 28.6 Å². The van der Waals surface area contributed by atoms with Crippen molar-refractivity contribution in [3.05, 3.63) is 24.3 Å². The number of fused-ring (bicyclic) bond motifs is 1. The molecule has 3 nitrogen and oxygen atoms in total. The highest BCUT2D eigenvalue weighted by Crippen LogP contribution is 2.32. The molecule has 100 valence electrons. The molecule has 5 heteroatoms. The Balaban J connectivity index is 1.71. The topological polar surface area (TPSA) is 33.2 Å². The van der Waals surface area contributed by atoms with Crippen molar-refractivity contribution in [3.63, 3.8) is 0 Å². The van der Waals surface area contributed by atoms with Crippen LogP contribution in [0.5, 0.6) is 0 Å². The second-order valence-electron chi connectivity index (χ2n) is 4.74. The third kappa shape index (κ3) is 2.77. The van der Waals surface area contributed by atoms with Crippen LogP contribution in [0.25, 0.3) is 10.2 Å². The number of carbonyl (C=O) groups is 1. The first kappa shape index (κ1) is 12.9. The number of rotatable bonds is 3. The van der Waals surface area contributed by atoms with Crippen LogP contribution in [0.2, 0.25) is 0 Å². The van der Waals surface area contributed by atoms with E-state index in [-0.39, 0.29) is 11.2 Å². The number of carbonyl (C=O) groups excluding carboxylic acids is 1. The van der Waals surface area contributed by atoms with Crippen molar-refractivity contribution in [3.8, 4) is 0 Å². The van der Waals surface area contributed by atoms with Crippen molar-refractivity contribution in [1.82, 2.24) is 9.88 Å². The summed E-state index contributed by atoms with van der Waals surface area (Å²) in [4.78, 5) is 18.8. The van der Waals surface area contributed by atoms with Crippen LogP contribution in [0.3, 0.4) is 0 Å². The first-order chi connectivity index (χ1) is 9.24. The quantitative estimate of drug-likeness (QED) is 0.813. The van der Waals surface area contributed by atoms with Crippen LogP contribution in [-0.4, -0.2) is 34.1 Å². The SMILES string of the molecule is C[C@H](Sc1nc2ccccc2s1)C(=O)N1CCCC1. The fraction of sp³-hybridized carbons (Fsp3) is 0.429. The fourth-order valence-electron chi connectivity index (χ4n) is 2.30. The highest BCUT2D eigenvalue weighted by atomic mass is 32.2. The molecule has 1 saturated heterocycles. The smallest absolute Gasteiger partial charge is 0.235 e. The van der Waals surface area contributed by atoms with Crippen molar-refractivity contribution in [1.29, 1.82) is 0 Å². The zero-order valence-electron chi connectivity index (χ0n) is 10.8. The predicted molar refractivity (Wildman–Crippen MR) is 80.8 cm³/mol. The minimum atomic E-state index is -0.0429. The molecule has 0 unspecified atom stereocenters. The van der Waals surface area contributed by atoms with E-state index in [0.29, 0.717) is 0 Å². The summed E-state index contributed by atoms with van der Waals surface area (Å²) in [7, 11) is 0. The van der Waals surface area contributed by atoms with Crippen molar-refractivity contribution in [2.24, 2.45) is 0 Å². The zero-order chi connectivity index (χ0) is 13.2. The van der Waals surface area contributed by atoms with Crippen molar-refractivity contribution < 1.29 is 4.79 Å². The zero-order valence-corrected chi connectivity index (χ0v) is 12.5. The standard InChI is InChI=1S/C14H16N2OS2/c1-10(13(17)16-8-4-5-9-16)18-14-15-11-6-2-3-7-12(11)19-14/h2-3,6-7,10H,4-5,8-9H2,1H3/t10-/m0/s1. The maximum Gasteiger partial charge on any atom is 0.235 e. The summed E-state index contributed by atoms with van der Waals surface area (Å²) in [5.74, 6) is 0.252. The number of hydrogen-bond acceptors (Lipinski definition) is 4. The lowest BCUT2D eigenvalue weighted by Gasteiger charge is -2.18. The van der Waals surface area contributed by atoms with Gasteiger partial charge in [-0.05, 0) is 31.9 Å². The molecule has 2 heterocycles. The van der Waals surface area contributed by atoms with Gasteiger partial charge in [0.1, 0.15) is 0 Å². The summed E-state index contributed by atoms with van der Waals surface area (Å²) in [6, 6.07) is 8.11. The van der Waals surface area contributed by atoms with Gasteiger partial charge in [0.2, 0.25) is 5.91 Å². The van der Waals surface area contributed by atoms with E-state index in [9.17, 15) is 4.79 Å². The van der Waals surface area contributed by atoms with Gasteiger partial charge in [0.15, 0.2) is 4.34 Å². The van der Waals surface area contributed by atoms with Crippen LogP contribution >= 0.6 is 23.1 Å². The molecule has 3 rings (SSSR count). The molecule has 1 atom stereocenters. The number of para-hydroxylation sites is 1. The van der Waals surface area contributed by atoms with E-state index >= 15 is 0 Å². The lowest BCUT2D eigenvalue weighted by atomic mass is 10.3. The minimum Gasteiger partial charge on any atom is -0.342 e. The summed E-state index contributed by atoms with van der Waals surface area (Å²) >= 11 is 3.25. The van der Waals surface area contributed by atoms with Crippen LogP contribution in [0.1, 0.15) is 19.8 Å². The third-order valence-corrected chi connectivity index (χ3v) is 5.54. The monoisotopic (exact) mass is 292 g/mol. The number of nitrogens with zero attached hydrogens (tertiary/aromatic N) is 2. The third-order valence-electron chi connectivity index (χ3n) is 3.32. The summed E-state index contributed by atoms with van der Waals surface area (Å²) in [5, 5.41) is -0.0429. The number of amides is 1. The molecular formula is C14H16N2OS2. The molecule has 2 aromatic rings. The second-order valence-corrected chi connectivity index (χ2v) is 7.36. The minimum absolute atomic E-state index is 0.0429.